The smallest absolute Gasteiger partial charge is 0.321 e. The van der Waals surface area contributed by atoms with Crippen LogP contribution in [-0.2, 0) is 4.79 Å². The van der Waals surface area contributed by atoms with Crippen molar-refractivity contribution in [2.75, 3.05) is 27.2 Å². The normalized spacial score (nSPS) is 15.4. The first-order valence-electron chi connectivity index (χ1n) is 5.69. The van der Waals surface area contributed by atoms with E-state index in [4.69, 9.17) is 10.8 Å². The second kappa shape index (κ2) is 7.60. The molecule has 0 amide bonds. The Bertz CT molecular complexity index is 197. The van der Waals surface area contributed by atoms with Crippen molar-refractivity contribution in [2.24, 2.45) is 11.7 Å². The Balaban J connectivity index is 4.05. The minimum Gasteiger partial charge on any atom is -0.480 e. The predicted octanol–water partition coefficient (Wildman–Crippen LogP) is -0.0358. The average molecular weight is 231 g/mol. The minimum absolute atomic E-state index is 0.292. The zero-order chi connectivity index (χ0) is 12.7. The molecular formula is C11H25N3O2. The summed E-state index contributed by atoms with van der Waals surface area (Å²) in [5.41, 5.74) is 5.45. The fourth-order valence-electron chi connectivity index (χ4n) is 1.61. The Hall–Kier alpha value is -0.650. The first-order chi connectivity index (χ1) is 7.32. The van der Waals surface area contributed by atoms with E-state index in [0.717, 1.165) is 13.0 Å². The summed E-state index contributed by atoms with van der Waals surface area (Å²) in [5, 5.41) is 11.9. The molecule has 16 heavy (non-hydrogen) atoms. The molecule has 0 aliphatic carbocycles. The highest BCUT2D eigenvalue weighted by molar-refractivity contribution is 5.73. The lowest BCUT2D eigenvalue weighted by atomic mass is 10.0. The molecule has 0 rings (SSSR count). The molecule has 0 aromatic rings. The zero-order valence-corrected chi connectivity index (χ0v) is 10.7. The van der Waals surface area contributed by atoms with Crippen molar-refractivity contribution in [3.8, 4) is 0 Å². The van der Waals surface area contributed by atoms with Crippen LogP contribution in [0.4, 0.5) is 0 Å². The van der Waals surface area contributed by atoms with Crippen LogP contribution in [0.2, 0.25) is 0 Å². The van der Waals surface area contributed by atoms with E-state index in [2.05, 4.69) is 24.1 Å². The first-order valence-corrected chi connectivity index (χ1v) is 5.69. The van der Waals surface area contributed by atoms with Gasteiger partial charge in [-0.2, -0.15) is 0 Å². The molecule has 0 aliphatic rings. The van der Waals surface area contributed by atoms with E-state index in [1.54, 1.807) is 0 Å². The molecule has 0 aliphatic heterocycles. The molecule has 2 unspecified atom stereocenters. The van der Waals surface area contributed by atoms with Crippen molar-refractivity contribution in [3.63, 3.8) is 0 Å². The maximum absolute atomic E-state index is 10.6. The molecule has 2 atom stereocenters. The van der Waals surface area contributed by atoms with Gasteiger partial charge in [0, 0.05) is 19.1 Å². The summed E-state index contributed by atoms with van der Waals surface area (Å²) in [6.07, 6.45) is 1.02. The summed E-state index contributed by atoms with van der Waals surface area (Å²) in [6, 6.07) is -0.530. The van der Waals surface area contributed by atoms with E-state index in [1.807, 2.05) is 14.1 Å². The number of likely N-dealkylation sites (N-methyl/N-ethyl adjacent to an activating group) is 1. The number of carboxylic acids is 1. The van der Waals surface area contributed by atoms with Gasteiger partial charge in [0.25, 0.3) is 0 Å². The van der Waals surface area contributed by atoms with Crippen LogP contribution in [0.25, 0.3) is 0 Å². The van der Waals surface area contributed by atoms with E-state index < -0.39 is 12.0 Å². The quantitative estimate of drug-likeness (QED) is 0.546. The Morgan fingerprint density at radius 1 is 1.44 bits per heavy atom. The van der Waals surface area contributed by atoms with Crippen LogP contribution in [0.15, 0.2) is 0 Å². The van der Waals surface area contributed by atoms with Gasteiger partial charge in [0.05, 0.1) is 0 Å². The number of hydrogen-bond acceptors (Lipinski definition) is 4. The third-order valence-electron chi connectivity index (χ3n) is 2.29. The molecule has 0 fully saturated rings. The monoisotopic (exact) mass is 231 g/mol. The fraction of sp³-hybridized carbons (Fsp3) is 0.909. The number of rotatable bonds is 8. The maximum Gasteiger partial charge on any atom is 0.321 e. The Morgan fingerprint density at radius 2 is 2.00 bits per heavy atom. The van der Waals surface area contributed by atoms with E-state index in [1.165, 1.54) is 0 Å². The van der Waals surface area contributed by atoms with Crippen molar-refractivity contribution in [1.29, 1.82) is 0 Å². The largest absolute Gasteiger partial charge is 0.480 e. The minimum atomic E-state index is -0.958. The molecule has 0 aromatic heterocycles. The van der Waals surface area contributed by atoms with E-state index >= 15 is 0 Å². The molecule has 0 aromatic carbocycles. The number of nitrogens with zero attached hydrogens (tertiary/aromatic N) is 1. The summed E-state index contributed by atoms with van der Waals surface area (Å²) in [5.74, 6) is -0.376. The van der Waals surface area contributed by atoms with Gasteiger partial charge in [-0.3, -0.25) is 4.79 Å². The van der Waals surface area contributed by atoms with Gasteiger partial charge in [-0.15, -0.1) is 0 Å². The van der Waals surface area contributed by atoms with Crippen LogP contribution in [-0.4, -0.2) is 55.2 Å². The van der Waals surface area contributed by atoms with E-state index in [-0.39, 0.29) is 0 Å². The summed E-state index contributed by atoms with van der Waals surface area (Å²) in [6.45, 7) is 5.52. The van der Waals surface area contributed by atoms with Crippen LogP contribution in [0.3, 0.4) is 0 Å². The van der Waals surface area contributed by atoms with Crippen LogP contribution in [0.5, 0.6) is 0 Å². The van der Waals surface area contributed by atoms with Gasteiger partial charge in [-0.25, -0.2) is 0 Å². The standard InChI is InChI=1S/C11H25N3O2/c1-8(2)5-9(7-14(3)4)13-6-10(12)11(15)16/h8-10,13H,5-7,12H2,1-4H3,(H,15,16). The van der Waals surface area contributed by atoms with Crippen LogP contribution < -0.4 is 11.1 Å². The average Bonchev–Trinajstić information content (AvgIpc) is 2.11. The van der Waals surface area contributed by atoms with E-state index in [9.17, 15) is 4.79 Å². The molecule has 0 spiro atoms. The van der Waals surface area contributed by atoms with Gasteiger partial charge < -0.3 is 21.1 Å². The summed E-state index contributed by atoms with van der Waals surface area (Å²) in [4.78, 5) is 12.7. The number of aliphatic carboxylic acids is 1. The van der Waals surface area contributed by atoms with Crippen molar-refractivity contribution in [3.05, 3.63) is 0 Å². The third kappa shape index (κ3) is 7.62. The molecule has 0 saturated carbocycles. The highest BCUT2D eigenvalue weighted by Gasteiger charge is 2.16. The topological polar surface area (TPSA) is 78.6 Å². The predicted molar refractivity (Wildman–Crippen MR) is 65.4 cm³/mol. The van der Waals surface area contributed by atoms with Gasteiger partial charge in [0.1, 0.15) is 6.04 Å². The first kappa shape index (κ1) is 15.3. The van der Waals surface area contributed by atoms with Crippen LogP contribution in [0.1, 0.15) is 20.3 Å². The number of carboxylic acid groups (broad SMARTS) is 1. The Kier molecular flexibility index (Phi) is 7.29. The number of nitrogens with two attached hydrogens (primary N) is 1. The summed E-state index contributed by atoms with van der Waals surface area (Å²) >= 11 is 0. The van der Waals surface area contributed by atoms with Gasteiger partial charge in [0.15, 0.2) is 0 Å². The summed E-state index contributed by atoms with van der Waals surface area (Å²) < 4.78 is 0. The van der Waals surface area contributed by atoms with E-state index in [0.29, 0.717) is 18.5 Å². The zero-order valence-electron chi connectivity index (χ0n) is 10.7. The number of hydrogen-bond donors (Lipinski definition) is 3. The molecule has 0 saturated heterocycles. The van der Waals surface area contributed by atoms with Crippen LogP contribution in [0, 0.1) is 5.92 Å². The van der Waals surface area contributed by atoms with Crippen molar-refractivity contribution in [1.82, 2.24) is 10.2 Å². The second-order valence-electron chi connectivity index (χ2n) is 4.94. The van der Waals surface area contributed by atoms with Gasteiger partial charge >= 0.3 is 5.97 Å². The Labute approximate surface area is 98.0 Å². The second-order valence-corrected chi connectivity index (χ2v) is 4.94. The van der Waals surface area contributed by atoms with Gasteiger partial charge in [0.2, 0.25) is 0 Å². The molecule has 0 bridgehead atoms. The molecular weight excluding hydrogens is 206 g/mol. The lowest BCUT2D eigenvalue weighted by molar-refractivity contribution is -0.138. The lowest BCUT2D eigenvalue weighted by Crippen LogP contribution is -2.47. The molecule has 0 heterocycles. The number of nitrogens with one attached hydrogen (secondary N) is 1. The Morgan fingerprint density at radius 3 is 2.38 bits per heavy atom. The highest BCUT2D eigenvalue weighted by Crippen LogP contribution is 2.05. The van der Waals surface area contributed by atoms with Crippen LogP contribution >= 0.6 is 0 Å². The molecule has 0 radical (unpaired) electrons. The molecule has 5 heteroatoms. The van der Waals surface area contributed by atoms with Crippen molar-refractivity contribution >= 4 is 5.97 Å². The summed E-state index contributed by atoms with van der Waals surface area (Å²) in [7, 11) is 4.01. The van der Waals surface area contributed by atoms with Gasteiger partial charge in [-0.05, 0) is 26.4 Å². The van der Waals surface area contributed by atoms with Gasteiger partial charge in [-0.1, -0.05) is 13.8 Å². The number of carbonyl (C=O) groups is 1. The molecule has 5 nitrogen and oxygen atoms in total. The maximum atomic E-state index is 10.6. The molecule has 4 N–H and O–H groups in total. The fourth-order valence-corrected chi connectivity index (χ4v) is 1.61. The molecule has 96 valence electrons. The lowest BCUT2D eigenvalue weighted by Gasteiger charge is -2.24. The SMILES string of the molecule is CC(C)CC(CN(C)C)NCC(N)C(=O)O. The van der Waals surface area contributed by atoms with Crippen molar-refractivity contribution in [2.45, 2.75) is 32.4 Å². The highest BCUT2D eigenvalue weighted by atomic mass is 16.4. The third-order valence-corrected chi connectivity index (χ3v) is 2.29. The van der Waals surface area contributed by atoms with Crippen molar-refractivity contribution < 1.29 is 9.90 Å².